The van der Waals surface area contributed by atoms with E-state index in [0.29, 0.717) is 42.2 Å². The third-order valence-electron chi connectivity index (χ3n) is 4.22. The Hall–Kier alpha value is -4.08. The minimum atomic E-state index is -1.06. The quantitative estimate of drug-likeness (QED) is 0.442. The zero-order chi connectivity index (χ0) is 21.5. The first-order chi connectivity index (χ1) is 14.5. The van der Waals surface area contributed by atoms with Crippen molar-refractivity contribution in [3.05, 3.63) is 48.8 Å². The van der Waals surface area contributed by atoms with Crippen LogP contribution in [0.1, 0.15) is 12.8 Å². The molecule has 4 N–H and O–H groups in total. The van der Waals surface area contributed by atoms with Crippen LogP contribution in [0.2, 0.25) is 0 Å². The molecule has 0 saturated heterocycles. The maximum Gasteiger partial charge on any atom is 0.415 e. The molecule has 30 heavy (non-hydrogen) atoms. The van der Waals surface area contributed by atoms with E-state index in [9.17, 15) is 14.4 Å². The number of carbonyl (C=O) groups excluding carboxylic acids is 2. The number of benzene rings is 1. The predicted molar refractivity (Wildman–Crippen MR) is 110 cm³/mol. The standard InChI is InChI=1S/C20H21N5O5/c1-21-18(26)3-2-8-23-19(27)24-17-12-15(6-9-22-17)30-14-4-5-16-13(11-14)7-10-25(16)20(28)29/h4-7,9-12H,2-3,8H2,1H3,(H,21,26)(H,28,29)(H2,22,23,24,27). The van der Waals surface area contributed by atoms with Gasteiger partial charge in [0, 0.05) is 43.9 Å². The van der Waals surface area contributed by atoms with Crippen molar-refractivity contribution in [2.24, 2.45) is 0 Å². The highest BCUT2D eigenvalue weighted by Gasteiger charge is 2.09. The number of carboxylic acid groups (broad SMARTS) is 1. The second-order valence-electron chi connectivity index (χ2n) is 6.33. The Kier molecular flexibility index (Phi) is 6.48. The van der Waals surface area contributed by atoms with Crippen molar-refractivity contribution >= 4 is 34.8 Å². The molecule has 0 fully saturated rings. The molecule has 0 aliphatic heterocycles. The van der Waals surface area contributed by atoms with Gasteiger partial charge in [-0.1, -0.05) is 0 Å². The van der Waals surface area contributed by atoms with E-state index in [4.69, 9.17) is 9.84 Å². The van der Waals surface area contributed by atoms with E-state index in [1.165, 1.54) is 12.4 Å². The number of nitrogens with one attached hydrogen (secondary N) is 3. The Morgan fingerprint density at radius 1 is 1.13 bits per heavy atom. The lowest BCUT2D eigenvalue weighted by atomic mass is 10.2. The molecule has 3 aromatic rings. The summed E-state index contributed by atoms with van der Waals surface area (Å²) in [6.45, 7) is 0.353. The fourth-order valence-electron chi connectivity index (χ4n) is 2.77. The van der Waals surface area contributed by atoms with E-state index in [0.717, 1.165) is 9.95 Å². The van der Waals surface area contributed by atoms with E-state index < -0.39 is 12.1 Å². The van der Waals surface area contributed by atoms with Gasteiger partial charge in [-0.25, -0.2) is 14.6 Å². The van der Waals surface area contributed by atoms with E-state index in [1.807, 2.05) is 0 Å². The first-order valence-electron chi connectivity index (χ1n) is 9.20. The summed E-state index contributed by atoms with van der Waals surface area (Å²) in [4.78, 5) is 38.3. The number of pyridine rings is 1. The average Bonchev–Trinajstić information content (AvgIpc) is 3.15. The molecule has 156 valence electrons. The Morgan fingerprint density at radius 3 is 2.70 bits per heavy atom. The number of hydrogen-bond acceptors (Lipinski definition) is 5. The highest BCUT2D eigenvalue weighted by atomic mass is 16.5. The lowest BCUT2D eigenvalue weighted by molar-refractivity contribution is -0.120. The summed E-state index contributed by atoms with van der Waals surface area (Å²) in [7, 11) is 1.56. The van der Waals surface area contributed by atoms with Gasteiger partial charge in [0.25, 0.3) is 0 Å². The van der Waals surface area contributed by atoms with Crippen molar-refractivity contribution in [3.8, 4) is 11.5 Å². The van der Waals surface area contributed by atoms with Crippen LogP contribution in [0.4, 0.5) is 15.4 Å². The Balaban J connectivity index is 1.59. The minimum absolute atomic E-state index is 0.0820. The summed E-state index contributed by atoms with van der Waals surface area (Å²) in [5.74, 6) is 1.19. The number of carbonyl (C=O) groups is 3. The van der Waals surface area contributed by atoms with E-state index in [1.54, 1.807) is 43.4 Å². The van der Waals surface area contributed by atoms with Gasteiger partial charge in [-0.2, -0.15) is 0 Å². The van der Waals surface area contributed by atoms with Crippen LogP contribution < -0.4 is 20.7 Å². The van der Waals surface area contributed by atoms with Gasteiger partial charge >= 0.3 is 12.1 Å². The summed E-state index contributed by atoms with van der Waals surface area (Å²) in [6, 6.07) is 9.49. The molecule has 2 heterocycles. The van der Waals surface area contributed by atoms with Crippen LogP contribution >= 0.6 is 0 Å². The Morgan fingerprint density at radius 2 is 1.93 bits per heavy atom. The lowest BCUT2D eigenvalue weighted by Crippen LogP contribution is -2.30. The van der Waals surface area contributed by atoms with Crippen molar-refractivity contribution < 1.29 is 24.2 Å². The molecule has 0 aliphatic rings. The molecule has 0 aliphatic carbocycles. The molecular formula is C20H21N5O5. The first-order valence-corrected chi connectivity index (χ1v) is 9.20. The number of hydrogen-bond donors (Lipinski definition) is 4. The van der Waals surface area contributed by atoms with Gasteiger partial charge in [0.2, 0.25) is 5.91 Å². The van der Waals surface area contributed by atoms with E-state index in [2.05, 4.69) is 20.9 Å². The van der Waals surface area contributed by atoms with E-state index in [-0.39, 0.29) is 5.91 Å². The molecule has 1 aromatic carbocycles. The molecule has 10 nitrogen and oxygen atoms in total. The number of amides is 3. The van der Waals surface area contributed by atoms with Gasteiger partial charge in [0.05, 0.1) is 5.52 Å². The summed E-state index contributed by atoms with van der Waals surface area (Å²) in [5.41, 5.74) is 0.556. The van der Waals surface area contributed by atoms with Gasteiger partial charge in [-0.05, 0) is 36.8 Å². The zero-order valence-electron chi connectivity index (χ0n) is 16.2. The number of rotatable bonds is 7. The molecular weight excluding hydrogens is 390 g/mol. The van der Waals surface area contributed by atoms with Crippen molar-refractivity contribution in [1.29, 1.82) is 0 Å². The predicted octanol–water partition coefficient (Wildman–Crippen LogP) is 3.00. The molecule has 0 radical (unpaired) electrons. The summed E-state index contributed by atoms with van der Waals surface area (Å²) >= 11 is 0. The molecule has 0 unspecified atom stereocenters. The number of ether oxygens (including phenoxy) is 1. The fourth-order valence-corrected chi connectivity index (χ4v) is 2.77. The van der Waals surface area contributed by atoms with Crippen LogP contribution in [-0.4, -0.2) is 46.3 Å². The van der Waals surface area contributed by atoms with Crippen LogP contribution in [0.15, 0.2) is 48.8 Å². The third kappa shape index (κ3) is 5.25. The van der Waals surface area contributed by atoms with Crippen LogP contribution in [0.25, 0.3) is 10.9 Å². The smallest absolute Gasteiger partial charge is 0.415 e. The zero-order valence-corrected chi connectivity index (χ0v) is 16.2. The normalized spacial score (nSPS) is 10.4. The number of nitrogens with zero attached hydrogens (tertiary/aromatic N) is 2. The van der Waals surface area contributed by atoms with Gasteiger partial charge < -0.3 is 20.5 Å². The number of aromatic nitrogens is 2. The highest BCUT2D eigenvalue weighted by Crippen LogP contribution is 2.27. The molecule has 3 rings (SSSR count). The van der Waals surface area contributed by atoms with Crippen LogP contribution in [0.5, 0.6) is 11.5 Å². The van der Waals surface area contributed by atoms with Crippen molar-refractivity contribution in [2.75, 3.05) is 18.9 Å². The molecule has 2 aromatic heterocycles. The van der Waals surface area contributed by atoms with Crippen LogP contribution in [0, 0.1) is 0 Å². The van der Waals surface area contributed by atoms with Crippen molar-refractivity contribution in [2.45, 2.75) is 12.8 Å². The van der Waals surface area contributed by atoms with Gasteiger partial charge in [-0.15, -0.1) is 0 Å². The van der Waals surface area contributed by atoms with Gasteiger partial charge in [-0.3, -0.25) is 14.7 Å². The van der Waals surface area contributed by atoms with Crippen LogP contribution in [-0.2, 0) is 4.79 Å². The third-order valence-corrected chi connectivity index (χ3v) is 4.22. The lowest BCUT2D eigenvalue weighted by Gasteiger charge is -2.09. The molecule has 0 spiro atoms. The average molecular weight is 411 g/mol. The maximum atomic E-state index is 11.9. The molecule has 0 saturated carbocycles. The molecule has 10 heteroatoms. The Bertz CT molecular complexity index is 1080. The minimum Gasteiger partial charge on any atom is -0.464 e. The topological polar surface area (TPSA) is 135 Å². The van der Waals surface area contributed by atoms with Crippen molar-refractivity contribution in [3.63, 3.8) is 0 Å². The van der Waals surface area contributed by atoms with Gasteiger partial charge in [0.15, 0.2) is 0 Å². The van der Waals surface area contributed by atoms with Crippen molar-refractivity contribution in [1.82, 2.24) is 20.2 Å². The highest BCUT2D eigenvalue weighted by molar-refractivity contribution is 5.90. The number of urea groups is 1. The number of fused-ring (bicyclic) bond motifs is 1. The SMILES string of the molecule is CNC(=O)CCCNC(=O)Nc1cc(Oc2ccc3c(ccn3C(=O)O)c2)ccn1. The fraction of sp³-hybridized carbons (Fsp3) is 0.200. The summed E-state index contributed by atoms with van der Waals surface area (Å²) in [6.07, 6.45) is 2.76. The first kappa shape index (κ1) is 20.6. The second-order valence-corrected chi connectivity index (χ2v) is 6.33. The largest absolute Gasteiger partial charge is 0.464 e. The maximum absolute atomic E-state index is 11.9. The van der Waals surface area contributed by atoms with Crippen LogP contribution in [0.3, 0.4) is 0 Å². The second kappa shape index (κ2) is 9.41. The Labute approximate surface area is 171 Å². The molecule has 3 amide bonds. The summed E-state index contributed by atoms with van der Waals surface area (Å²) in [5, 5.41) is 17.6. The monoisotopic (exact) mass is 411 g/mol. The number of anilines is 1. The summed E-state index contributed by atoms with van der Waals surface area (Å²) < 4.78 is 6.93. The van der Waals surface area contributed by atoms with E-state index >= 15 is 0 Å². The molecule has 0 bridgehead atoms. The van der Waals surface area contributed by atoms with Gasteiger partial charge in [0.1, 0.15) is 17.3 Å². The molecule has 0 atom stereocenters.